The number of halogens is 1. The molecule has 4 nitrogen and oxygen atoms in total. The molecule has 0 bridgehead atoms. The Labute approximate surface area is 134 Å². The quantitative estimate of drug-likeness (QED) is 0.730. The van der Waals surface area contributed by atoms with Gasteiger partial charge in [-0.2, -0.15) is 0 Å². The lowest BCUT2D eigenvalue weighted by atomic mass is 10.0. The second kappa shape index (κ2) is 9.68. The van der Waals surface area contributed by atoms with E-state index in [1.165, 1.54) is 11.8 Å². The van der Waals surface area contributed by atoms with Crippen LogP contribution in [0.15, 0.2) is 24.3 Å². The Kier molecular flexibility index (Phi) is 8.23. The van der Waals surface area contributed by atoms with Gasteiger partial charge in [0.1, 0.15) is 0 Å². The fraction of sp³-hybridized carbons (Fsp3) is 0.467. The maximum absolute atomic E-state index is 11.7. The molecule has 0 fully saturated rings. The predicted octanol–water partition coefficient (Wildman–Crippen LogP) is 3.19. The number of thioether (sulfide) groups is 1. The van der Waals surface area contributed by atoms with Gasteiger partial charge < -0.3 is 10.4 Å². The number of amides is 1. The Morgan fingerprint density at radius 2 is 2.19 bits per heavy atom. The second-order valence-corrected chi connectivity index (χ2v) is 6.17. The summed E-state index contributed by atoms with van der Waals surface area (Å²) >= 11 is 7.36. The van der Waals surface area contributed by atoms with Crippen molar-refractivity contribution in [2.45, 2.75) is 25.5 Å². The van der Waals surface area contributed by atoms with Crippen molar-refractivity contribution in [3.63, 3.8) is 0 Å². The highest BCUT2D eigenvalue weighted by atomic mass is 35.5. The molecule has 0 aliphatic heterocycles. The van der Waals surface area contributed by atoms with Gasteiger partial charge in [0.25, 0.3) is 0 Å². The van der Waals surface area contributed by atoms with E-state index in [1.807, 2.05) is 31.2 Å². The highest BCUT2D eigenvalue weighted by molar-refractivity contribution is 7.99. The molecule has 0 aromatic heterocycles. The van der Waals surface area contributed by atoms with E-state index in [1.54, 1.807) is 0 Å². The van der Waals surface area contributed by atoms with Gasteiger partial charge in [0.05, 0.1) is 11.7 Å². The molecule has 0 aliphatic carbocycles. The van der Waals surface area contributed by atoms with Gasteiger partial charge >= 0.3 is 5.97 Å². The average molecular weight is 330 g/mol. The third-order valence-corrected chi connectivity index (χ3v) is 4.16. The highest BCUT2D eigenvalue weighted by Gasteiger charge is 2.16. The molecular weight excluding hydrogens is 310 g/mol. The summed E-state index contributed by atoms with van der Waals surface area (Å²) in [4.78, 5) is 22.6. The van der Waals surface area contributed by atoms with E-state index in [4.69, 9.17) is 16.7 Å². The molecule has 1 unspecified atom stereocenters. The van der Waals surface area contributed by atoms with Gasteiger partial charge in [-0.05, 0) is 24.1 Å². The Morgan fingerprint density at radius 3 is 2.81 bits per heavy atom. The van der Waals surface area contributed by atoms with E-state index >= 15 is 0 Å². The molecule has 0 radical (unpaired) electrons. The number of benzene rings is 1. The molecule has 0 saturated heterocycles. The van der Waals surface area contributed by atoms with Crippen molar-refractivity contribution >= 4 is 35.2 Å². The number of nitrogens with one attached hydrogen (secondary N) is 1. The van der Waals surface area contributed by atoms with E-state index < -0.39 is 11.9 Å². The number of hydrogen-bond acceptors (Lipinski definition) is 3. The minimum absolute atomic E-state index is 0.135. The molecule has 2 N–H and O–H groups in total. The molecule has 0 heterocycles. The second-order valence-electron chi connectivity index (χ2n) is 4.75. The third kappa shape index (κ3) is 7.39. The SMILES string of the molecule is CCCC(CNC(=O)CSCc1cccc(Cl)c1)C(=O)O. The van der Waals surface area contributed by atoms with Crippen LogP contribution in [0.3, 0.4) is 0 Å². The standard InChI is InChI=1S/C15H20ClNO3S/c1-2-4-12(15(19)20)8-17-14(18)10-21-9-11-5-3-6-13(16)7-11/h3,5-7,12H,2,4,8-10H2,1H3,(H,17,18)(H,19,20). The zero-order valence-corrected chi connectivity index (χ0v) is 13.5. The lowest BCUT2D eigenvalue weighted by Gasteiger charge is -2.12. The minimum atomic E-state index is -0.858. The number of carboxylic acids is 1. The van der Waals surface area contributed by atoms with Gasteiger partial charge in [-0.15, -0.1) is 11.8 Å². The molecule has 1 atom stereocenters. The van der Waals surface area contributed by atoms with Crippen molar-refractivity contribution in [1.82, 2.24) is 5.32 Å². The molecule has 1 aromatic rings. The highest BCUT2D eigenvalue weighted by Crippen LogP contribution is 2.16. The van der Waals surface area contributed by atoms with Crippen LogP contribution >= 0.6 is 23.4 Å². The number of carboxylic acid groups (broad SMARTS) is 1. The Morgan fingerprint density at radius 1 is 1.43 bits per heavy atom. The zero-order valence-electron chi connectivity index (χ0n) is 12.0. The molecule has 21 heavy (non-hydrogen) atoms. The van der Waals surface area contributed by atoms with Crippen LogP contribution in [0.4, 0.5) is 0 Å². The molecule has 116 valence electrons. The van der Waals surface area contributed by atoms with E-state index in [0.717, 1.165) is 12.0 Å². The van der Waals surface area contributed by atoms with Crippen molar-refractivity contribution < 1.29 is 14.7 Å². The van der Waals surface area contributed by atoms with Gasteiger partial charge in [0.15, 0.2) is 0 Å². The van der Waals surface area contributed by atoms with Crippen LogP contribution in [0.25, 0.3) is 0 Å². The van der Waals surface area contributed by atoms with E-state index in [-0.39, 0.29) is 12.5 Å². The largest absolute Gasteiger partial charge is 0.481 e. The Balaban J connectivity index is 2.26. The molecular formula is C15H20ClNO3S. The first-order valence-corrected chi connectivity index (χ1v) is 8.38. The maximum Gasteiger partial charge on any atom is 0.308 e. The zero-order chi connectivity index (χ0) is 15.7. The average Bonchev–Trinajstić information content (AvgIpc) is 2.43. The summed E-state index contributed by atoms with van der Waals surface area (Å²) in [5.74, 6) is -0.485. The molecule has 6 heteroatoms. The van der Waals surface area contributed by atoms with Crippen LogP contribution in [-0.4, -0.2) is 29.3 Å². The topological polar surface area (TPSA) is 66.4 Å². The van der Waals surface area contributed by atoms with Crippen LogP contribution < -0.4 is 5.32 Å². The first-order valence-electron chi connectivity index (χ1n) is 6.84. The monoisotopic (exact) mass is 329 g/mol. The van der Waals surface area contributed by atoms with Crippen molar-refractivity contribution in [2.75, 3.05) is 12.3 Å². The smallest absolute Gasteiger partial charge is 0.308 e. The van der Waals surface area contributed by atoms with Crippen LogP contribution in [0.1, 0.15) is 25.3 Å². The van der Waals surface area contributed by atoms with Gasteiger partial charge in [-0.25, -0.2) is 0 Å². The van der Waals surface area contributed by atoms with Crippen LogP contribution in [0.2, 0.25) is 5.02 Å². The lowest BCUT2D eigenvalue weighted by Crippen LogP contribution is -2.33. The number of rotatable bonds is 9. The summed E-state index contributed by atoms with van der Waals surface area (Å²) in [7, 11) is 0. The number of hydrogen-bond donors (Lipinski definition) is 2. The molecule has 0 aliphatic rings. The molecule has 1 amide bonds. The van der Waals surface area contributed by atoms with Gasteiger partial charge in [-0.1, -0.05) is 37.1 Å². The van der Waals surface area contributed by atoms with Crippen LogP contribution in [-0.2, 0) is 15.3 Å². The minimum Gasteiger partial charge on any atom is -0.481 e. The summed E-state index contributed by atoms with van der Waals surface area (Å²) < 4.78 is 0. The number of carbonyl (C=O) groups is 2. The third-order valence-electron chi connectivity index (χ3n) is 2.92. The van der Waals surface area contributed by atoms with E-state index in [9.17, 15) is 9.59 Å². The summed E-state index contributed by atoms with van der Waals surface area (Å²) in [6.45, 7) is 2.12. The summed E-state index contributed by atoms with van der Waals surface area (Å²) in [6.07, 6.45) is 1.36. The molecule has 1 aromatic carbocycles. The summed E-state index contributed by atoms with van der Waals surface area (Å²) in [5, 5.41) is 12.4. The van der Waals surface area contributed by atoms with Crippen molar-refractivity contribution in [3.05, 3.63) is 34.9 Å². The maximum atomic E-state index is 11.7. The predicted molar refractivity (Wildman–Crippen MR) is 86.7 cm³/mol. The number of aliphatic carboxylic acids is 1. The fourth-order valence-electron chi connectivity index (χ4n) is 1.84. The van der Waals surface area contributed by atoms with Crippen LogP contribution in [0, 0.1) is 5.92 Å². The normalized spacial score (nSPS) is 11.9. The Bertz CT molecular complexity index is 482. The lowest BCUT2D eigenvalue weighted by molar-refractivity contribution is -0.141. The first kappa shape index (κ1) is 17.9. The first-order chi connectivity index (χ1) is 10.0. The molecule has 0 saturated carbocycles. The van der Waals surface area contributed by atoms with Crippen molar-refractivity contribution in [1.29, 1.82) is 0 Å². The van der Waals surface area contributed by atoms with Crippen molar-refractivity contribution in [2.24, 2.45) is 5.92 Å². The van der Waals surface area contributed by atoms with Crippen LogP contribution in [0.5, 0.6) is 0 Å². The van der Waals surface area contributed by atoms with E-state index in [0.29, 0.717) is 22.9 Å². The van der Waals surface area contributed by atoms with Gasteiger partial charge in [-0.3, -0.25) is 9.59 Å². The molecule has 1 rings (SSSR count). The van der Waals surface area contributed by atoms with Crippen molar-refractivity contribution in [3.8, 4) is 0 Å². The number of carbonyl (C=O) groups excluding carboxylic acids is 1. The fourth-order valence-corrected chi connectivity index (χ4v) is 2.86. The van der Waals surface area contributed by atoms with Gasteiger partial charge in [0, 0.05) is 17.3 Å². The summed E-state index contributed by atoms with van der Waals surface area (Å²) in [6, 6.07) is 7.51. The summed E-state index contributed by atoms with van der Waals surface area (Å²) in [5.41, 5.74) is 1.06. The van der Waals surface area contributed by atoms with E-state index in [2.05, 4.69) is 5.32 Å². The van der Waals surface area contributed by atoms with Gasteiger partial charge in [0.2, 0.25) is 5.91 Å². The molecule has 0 spiro atoms. The Hall–Kier alpha value is -1.20.